The van der Waals surface area contributed by atoms with Gasteiger partial charge in [0.15, 0.2) is 0 Å². The van der Waals surface area contributed by atoms with Crippen molar-refractivity contribution in [1.29, 1.82) is 0 Å². The van der Waals surface area contributed by atoms with Crippen LogP contribution in [0.25, 0.3) is 0 Å². The molecule has 0 amide bonds. The fourth-order valence-corrected chi connectivity index (χ4v) is 5.25. The first kappa shape index (κ1) is 20.7. The Morgan fingerprint density at radius 1 is 1.00 bits per heavy atom. The Bertz CT molecular complexity index is 411. The molecule has 0 saturated carbocycles. The molecule has 0 N–H and O–H groups in total. The van der Waals surface area contributed by atoms with Crippen LogP contribution in [0.4, 0.5) is 0 Å². The Kier molecular flexibility index (Phi) is 12.7. The van der Waals surface area contributed by atoms with Gasteiger partial charge in [-0.05, 0) is 0 Å². The van der Waals surface area contributed by atoms with Crippen molar-refractivity contribution in [3.05, 3.63) is 30.3 Å². The second kappa shape index (κ2) is 14.1. The molecule has 0 heterocycles. The van der Waals surface area contributed by atoms with Gasteiger partial charge in [0.05, 0.1) is 0 Å². The number of carbonyl (C=O) groups is 1. The Hall–Kier alpha value is -0.311. The number of methoxy groups -OCH3 is 1. The predicted octanol–water partition coefficient (Wildman–Crippen LogP) is 4.88. The van der Waals surface area contributed by atoms with Crippen LogP contribution in [0.3, 0.4) is 0 Å². The fourth-order valence-electron chi connectivity index (χ4n) is 2.50. The van der Waals surface area contributed by atoms with Crippen LogP contribution in [0, 0.1) is 0 Å². The van der Waals surface area contributed by atoms with Gasteiger partial charge in [0.25, 0.3) is 0 Å². The van der Waals surface area contributed by atoms with Gasteiger partial charge < -0.3 is 0 Å². The number of rotatable bonds is 13. The molecule has 23 heavy (non-hydrogen) atoms. The summed E-state index contributed by atoms with van der Waals surface area (Å²) in [5, 5.41) is 1.13. The van der Waals surface area contributed by atoms with Gasteiger partial charge in [-0.25, -0.2) is 0 Å². The first-order valence-corrected chi connectivity index (χ1v) is 11.6. The number of alkyl halides is 1. The van der Waals surface area contributed by atoms with Gasteiger partial charge in [0.2, 0.25) is 0 Å². The van der Waals surface area contributed by atoms with Gasteiger partial charge in [-0.1, -0.05) is 0 Å². The van der Waals surface area contributed by atoms with E-state index in [2.05, 4.69) is 28.1 Å². The Labute approximate surface area is 156 Å². The number of halogens is 1. The van der Waals surface area contributed by atoms with Gasteiger partial charge in [0, 0.05) is 0 Å². The molecule has 0 bridgehead atoms. The predicted molar refractivity (Wildman–Crippen MR) is 103 cm³/mol. The number of carbonyl (C=O) groups excluding carboxylic acids is 1. The van der Waals surface area contributed by atoms with E-state index in [1.165, 1.54) is 56.5 Å². The maximum absolute atomic E-state index is 12.0. The molecule has 1 atom stereocenters. The molecule has 0 spiro atoms. The van der Waals surface area contributed by atoms with Crippen LogP contribution in [0.2, 0.25) is 4.82 Å². The van der Waals surface area contributed by atoms with Crippen LogP contribution < -0.4 is 4.46 Å². The van der Waals surface area contributed by atoms with Crippen molar-refractivity contribution in [3.63, 3.8) is 0 Å². The molecule has 1 rings (SSSR count). The number of hydrogen-bond acceptors (Lipinski definition) is 2. The summed E-state index contributed by atoms with van der Waals surface area (Å²) in [6, 6.07) is 10.3. The molecular formula is C19H29BrO2Se. The summed E-state index contributed by atoms with van der Waals surface area (Å²) < 4.78 is 6.27. The third-order valence-electron chi connectivity index (χ3n) is 3.84. The van der Waals surface area contributed by atoms with Crippen LogP contribution in [0.5, 0.6) is 0 Å². The SMILES string of the molecule is COC(=O)C(CCCCCCCCCCBr)[Se]c1ccccc1. The van der Waals surface area contributed by atoms with Crippen LogP contribution in [-0.2, 0) is 9.53 Å². The Morgan fingerprint density at radius 3 is 2.13 bits per heavy atom. The molecule has 0 aliphatic carbocycles. The molecule has 4 heteroatoms. The number of hydrogen-bond donors (Lipinski definition) is 0. The molecule has 0 aromatic heterocycles. The molecule has 1 aromatic rings. The van der Waals surface area contributed by atoms with E-state index < -0.39 is 0 Å². The number of esters is 1. The zero-order chi connectivity index (χ0) is 16.8. The van der Waals surface area contributed by atoms with E-state index in [4.69, 9.17) is 4.74 Å². The van der Waals surface area contributed by atoms with E-state index in [1.807, 2.05) is 18.2 Å². The molecule has 130 valence electrons. The first-order chi connectivity index (χ1) is 11.3. The number of unbranched alkanes of at least 4 members (excludes halogenated alkanes) is 7. The first-order valence-electron chi connectivity index (χ1n) is 8.63. The molecule has 0 saturated heterocycles. The van der Waals surface area contributed by atoms with Gasteiger partial charge in [-0.2, -0.15) is 0 Å². The van der Waals surface area contributed by atoms with Crippen molar-refractivity contribution in [2.24, 2.45) is 0 Å². The molecule has 0 radical (unpaired) electrons. The van der Waals surface area contributed by atoms with Gasteiger partial charge in [-0.3, -0.25) is 0 Å². The van der Waals surface area contributed by atoms with Crippen LogP contribution >= 0.6 is 15.9 Å². The van der Waals surface area contributed by atoms with Gasteiger partial charge in [-0.15, -0.1) is 0 Å². The molecule has 0 fully saturated rings. The summed E-state index contributed by atoms with van der Waals surface area (Å²) in [7, 11) is 1.50. The zero-order valence-corrected chi connectivity index (χ0v) is 17.4. The average molecular weight is 448 g/mol. The summed E-state index contributed by atoms with van der Waals surface area (Å²) in [5.41, 5.74) is 0. The third kappa shape index (κ3) is 10.2. The van der Waals surface area contributed by atoms with E-state index in [1.54, 1.807) is 0 Å². The quantitative estimate of drug-likeness (QED) is 0.186. The van der Waals surface area contributed by atoms with E-state index in [0.717, 1.165) is 18.2 Å². The summed E-state index contributed by atoms with van der Waals surface area (Å²) in [6.45, 7) is 0. The van der Waals surface area contributed by atoms with Crippen molar-refractivity contribution in [1.82, 2.24) is 0 Å². The normalized spacial score (nSPS) is 12.1. The minimum atomic E-state index is -0.0383. The fraction of sp³-hybridized carbons (Fsp3) is 0.632. The molecule has 1 unspecified atom stereocenters. The molecular weight excluding hydrogens is 419 g/mol. The molecule has 0 aliphatic heterocycles. The van der Waals surface area contributed by atoms with Gasteiger partial charge >= 0.3 is 156 Å². The standard InChI is InChI=1S/C19H29BrO2Se/c1-22-19(21)18(23-17-13-9-8-10-14-17)15-11-6-4-2-3-5-7-12-16-20/h8-10,13-14,18H,2-7,11-12,15-16H2,1H3. The molecule has 1 aromatic carbocycles. The van der Waals surface area contributed by atoms with Crippen molar-refractivity contribution in [2.45, 2.75) is 62.6 Å². The number of benzene rings is 1. The zero-order valence-electron chi connectivity index (χ0n) is 14.1. The summed E-state index contributed by atoms with van der Waals surface area (Å²) >= 11 is 3.64. The Balaban J connectivity index is 2.18. The second-order valence-corrected chi connectivity index (χ2v) is 9.22. The second-order valence-electron chi connectivity index (χ2n) is 5.75. The average Bonchev–Trinajstić information content (AvgIpc) is 2.59. The molecule has 0 aliphatic rings. The van der Waals surface area contributed by atoms with Crippen LogP contribution in [0.1, 0.15) is 57.8 Å². The van der Waals surface area contributed by atoms with Crippen LogP contribution in [0.15, 0.2) is 30.3 Å². The van der Waals surface area contributed by atoms with E-state index >= 15 is 0 Å². The van der Waals surface area contributed by atoms with Crippen molar-refractivity contribution in [3.8, 4) is 0 Å². The summed E-state index contributed by atoms with van der Waals surface area (Å²) in [5.74, 6) is -0.0383. The molecule has 2 nitrogen and oxygen atoms in total. The minimum absolute atomic E-state index is 0.0383. The van der Waals surface area contributed by atoms with Crippen LogP contribution in [-0.4, -0.2) is 33.4 Å². The van der Waals surface area contributed by atoms with Gasteiger partial charge in [0.1, 0.15) is 0 Å². The Morgan fingerprint density at radius 2 is 1.57 bits per heavy atom. The van der Waals surface area contributed by atoms with Crippen molar-refractivity contribution in [2.75, 3.05) is 12.4 Å². The summed E-state index contributed by atoms with van der Waals surface area (Å²) in [4.78, 5) is 12.0. The van der Waals surface area contributed by atoms with Crippen molar-refractivity contribution < 1.29 is 9.53 Å². The topological polar surface area (TPSA) is 26.3 Å². The number of ether oxygens (including phenoxy) is 1. The van der Waals surface area contributed by atoms with E-state index in [-0.39, 0.29) is 25.7 Å². The maximum atomic E-state index is 12.0. The van der Waals surface area contributed by atoms with Crippen molar-refractivity contribution >= 4 is 41.3 Å². The van der Waals surface area contributed by atoms with E-state index in [0.29, 0.717) is 0 Å². The van der Waals surface area contributed by atoms with E-state index in [9.17, 15) is 4.79 Å². The monoisotopic (exact) mass is 448 g/mol. The third-order valence-corrected chi connectivity index (χ3v) is 7.03. The summed E-state index contributed by atoms with van der Waals surface area (Å²) in [6.07, 6.45) is 11.3.